The second kappa shape index (κ2) is 9.13. The van der Waals surface area contributed by atoms with Gasteiger partial charge in [0, 0.05) is 25.7 Å². The van der Waals surface area contributed by atoms with Crippen LogP contribution in [-0.4, -0.2) is 43.4 Å². The lowest BCUT2D eigenvalue weighted by atomic mass is 10.2. The second-order valence-corrected chi connectivity index (χ2v) is 9.65. The normalized spacial score (nSPS) is 14.5. The van der Waals surface area contributed by atoms with Crippen LogP contribution in [-0.2, 0) is 27.9 Å². The largest absolute Gasteiger partial charge is 0.497 e. The lowest BCUT2D eigenvalue weighted by Gasteiger charge is -2.16. The van der Waals surface area contributed by atoms with Crippen molar-refractivity contribution >= 4 is 26.8 Å². The van der Waals surface area contributed by atoms with Crippen LogP contribution in [0.4, 0.5) is 0 Å². The highest BCUT2D eigenvalue weighted by Gasteiger charge is 2.27. The Morgan fingerprint density at radius 1 is 1.03 bits per heavy atom. The summed E-state index contributed by atoms with van der Waals surface area (Å²) in [4.78, 5) is 25.1. The molecule has 8 nitrogen and oxygen atoms in total. The van der Waals surface area contributed by atoms with Gasteiger partial charge in [-0.1, -0.05) is 12.1 Å². The number of nitrogens with zero attached hydrogens (tertiary/aromatic N) is 2. The van der Waals surface area contributed by atoms with Gasteiger partial charge in [-0.05, 0) is 60.2 Å². The summed E-state index contributed by atoms with van der Waals surface area (Å²) in [5.41, 5.74) is 1.09. The molecule has 4 rings (SSSR count). The summed E-state index contributed by atoms with van der Waals surface area (Å²) in [6, 6.07) is 14.9. The van der Waals surface area contributed by atoms with Crippen LogP contribution >= 0.6 is 0 Å². The van der Waals surface area contributed by atoms with Crippen LogP contribution < -0.4 is 15.6 Å². The summed E-state index contributed by atoms with van der Waals surface area (Å²) in [6.07, 6.45) is 1.72. The van der Waals surface area contributed by atoms with Crippen molar-refractivity contribution in [3.05, 3.63) is 70.5 Å². The van der Waals surface area contributed by atoms with Crippen LogP contribution in [0.25, 0.3) is 10.9 Å². The Morgan fingerprint density at radius 3 is 2.44 bits per heavy atom. The van der Waals surface area contributed by atoms with E-state index >= 15 is 0 Å². The molecule has 0 saturated carbocycles. The third-order valence-electron chi connectivity index (χ3n) is 5.61. The Labute approximate surface area is 186 Å². The van der Waals surface area contributed by atoms with Gasteiger partial charge in [0.2, 0.25) is 15.9 Å². The molecular formula is C23H25N3O5S. The molecule has 0 unspecified atom stereocenters. The molecule has 1 aromatic heterocycles. The SMILES string of the molecule is COc1ccc(CNC(=O)Cn2c(=O)ccc3cc(S(=O)(=O)N4CCCC4)ccc32)cc1. The second-order valence-electron chi connectivity index (χ2n) is 7.71. The fourth-order valence-corrected chi connectivity index (χ4v) is 5.38. The van der Waals surface area contributed by atoms with Crippen LogP contribution in [0.2, 0.25) is 0 Å². The Hall–Kier alpha value is -3.17. The lowest BCUT2D eigenvalue weighted by Crippen LogP contribution is -2.32. The third-order valence-corrected chi connectivity index (χ3v) is 7.51. The van der Waals surface area contributed by atoms with E-state index in [0.717, 1.165) is 24.2 Å². The number of sulfonamides is 1. The molecule has 1 N–H and O–H groups in total. The molecule has 1 aliphatic rings. The van der Waals surface area contributed by atoms with Crippen molar-refractivity contribution in [2.45, 2.75) is 30.8 Å². The van der Waals surface area contributed by atoms with E-state index in [9.17, 15) is 18.0 Å². The summed E-state index contributed by atoms with van der Waals surface area (Å²) in [7, 11) is -1.98. The maximum absolute atomic E-state index is 12.9. The molecule has 1 saturated heterocycles. The van der Waals surface area contributed by atoms with Crippen molar-refractivity contribution in [3.8, 4) is 5.75 Å². The molecule has 0 aliphatic carbocycles. The van der Waals surface area contributed by atoms with E-state index < -0.39 is 10.0 Å². The number of hydrogen-bond donors (Lipinski definition) is 1. The standard InChI is InChI=1S/C23H25N3O5S/c1-31-19-7-4-17(5-8-19)15-24-22(27)16-26-21-10-9-20(14-18(21)6-11-23(26)28)32(29,30)25-12-2-3-13-25/h4-11,14H,2-3,12-13,15-16H2,1H3,(H,24,27). The number of nitrogens with one attached hydrogen (secondary N) is 1. The Bertz CT molecular complexity index is 1290. The predicted molar refractivity (Wildman–Crippen MR) is 121 cm³/mol. The summed E-state index contributed by atoms with van der Waals surface area (Å²) in [5.74, 6) is 0.415. The molecule has 0 atom stereocenters. The monoisotopic (exact) mass is 455 g/mol. The van der Waals surface area contributed by atoms with E-state index in [0.29, 0.717) is 30.5 Å². The van der Waals surface area contributed by atoms with Gasteiger partial charge in [0.25, 0.3) is 5.56 Å². The van der Waals surface area contributed by atoms with Gasteiger partial charge in [-0.2, -0.15) is 4.31 Å². The molecule has 3 aromatic rings. The number of benzene rings is 2. The summed E-state index contributed by atoms with van der Waals surface area (Å²) in [5, 5.41) is 3.40. The molecule has 0 radical (unpaired) electrons. The van der Waals surface area contributed by atoms with E-state index in [4.69, 9.17) is 4.74 Å². The van der Waals surface area contributed by atoms with Crippen LogP contribution in [0.15, 0.2) is 64.3 Å². The first-order chi connectivity index (χ1) is 15.4. The maximum atomic E-state index is 12.9. The molecule has 168 valence electrons. The van der Waals surface area contributed by atoms with Crippen molar-refractivity contribution in [1.29, 1.82) is 0 Å². The zero-order valence-electron chi connectivity index (χ0n) is 17.8. The fraction of sp³-hybridized carbons (Fsp3) is 0.304. The quantitative estimate of drug-likeness (QED) is 0.589. The molecule has 1 amide bonds. The number of carbonyl (C=O) groups is 1. The van der Waals surface area contributed by atoms with Crippen LogP contribution in [0.3, 0.4) is 0 Å². The molecule has 9 heteroatoms. The predicted octanol–water partition coefficient (Wildman–Crippen LogP) is 2.11. The number of pyridine rings is 1. The zero-order valence-corrected chi connectivity index (χ0v) is 18.6. The van der Waals surface area contributed by atoms with E-state index in [1.807, 2.05) is 24.3 Å². The number of rotatable bonds is 7. The van der Waals surface area contributed by atoms with Gasteiger partial charge in [-0.3, -0.25) is 14.2 Å². The van der Waals surface area contributed by atoms with Crippen LogP contribution in [0, 0.1) is 0 Å². The molecule has 1 fully saturated rings. The van der Waals surface area contributed by atoms with Gasteiger partial charge >= 0.3 is 0 Å². The topological polar surface area (TPSA) is 97.7 Å². The van der Waals surface area contributed by atoms with Crippen LogP contribution in [0.1, 0.15) is 18.4 Å². The summed E-state index contributed by atoms with van der Waals surface area (Å²) in [6.45, 7) is 1.20. The Morgan fingerprint density at radius 2 is 1.75 bits per heavy atom. The molecule has 32 heavy (non-hydrogen) atoms. The highest BCUT2D eigenvalue weighted by molar-refractivity contribution is 7.89. The van der Waals surface area contributed by atoms with Gasteiger partial charge in [0.1, 0.15) is 12.3 Å². The van der Waals surface area contributed by atoms with Gasteiger partial charge in [-0.25, -0.2) is 8.42 Å². The minimum Gasteiger partial charge on any atom is -0.497 e. The first-order valence-corrected chi connectivity index (χ1v) is 11.9. The third kappa shape index (κ3) is 4.53. The van der Waals surface area contributed by atoms with Crippen molar-refractivity contribution in [3.63, 3.8) is 0 Å². The summed E-state index contributed by atoms with van der Waals surface area (Å²) < 4.78 is 33.7. The van der Waals surface area contributed by atoms with Gasteiger partial charge in [0.15, 0.2) is 0 Å². The van der Waals surface area contributed by atoms with Crippen LogP contribution in [0.5, 0.6) is 5.75 Å². The van der Waals surface area contributed by atoms with Crippen molar-refractivity contribution < 1.29 is 17.9 Å². The van der Waals surface area contributed by atoms with Crippen molar-refractivity contribution in [2.75, 3.05) is 20.2 Å². The molecule has 2 aromatic carbocycles. The first kappa shape index (κ1) is 22.0. The van der Waals surface area contributed by atoms with Crippen molar-refractivity contribution in [1.82, 2.24) is 14.2 Å². The minimum atomic E-state index is -3.56. The fourth-order valence-electron chi connectivity index (χ4n) is 3.83. The number of carbonyl (C=O) groups excluding carboxylic acids is 1. The maximum Gasteiger partial charge on any atom is 0.251 e. The highest BCUT2D eigenvalue weighted by Crippen LogP contribution is 2.24. The highest BCUT2D eigenvalue weighted by atomic mass is 32.2. The van der Waals surface area contributed by atoms with Gasteiger partial charge < -0.3 is 10.1 Å². The number of amides is 1. The summed E-state index contributed by atoms with van der Waals surface area (Å²) >= 11 is 0. The molecule has 0 bridgehead atoms. The molecule has 1 aliphatic heterocycles. The Kier molecular flexibility index (Phi) is 6.29. The number of aromatic nitrogens is 1. The number of ether oxygens (including phenoxy) is 1. The van der Waals surface area contributed by atoms with E-state index in [1.54, 1.807) is 25.3 Å². The molecule has 0 spiro atoms. The van der Waals surface area contributed by atoms with E-state index in [2.05, 4.69) is 5.32 Å². The average Bonchev–Trinajstić information content (AvgIpc) is 3.35. The zero-order chi connectivity index (χ0) is 22.7. The lowest BCUT2D eigenvalue weighted by molar-refractivity contribution is -0.121. The average molecular weight is 456 g/mol. The van der Waals surface area contributed by atoms with E-state index in [1.165, 1.54) is 21.0 Å². The van der Waals surface area contributed by atoms with Crippen molar-refractivity contribution in [2.24, 2.45) is 0 Å². The first-order valence-electron chi connectivity index (χ1n) is 10.4. The van der Waals surface area contributed by atoms with Gasteiger partial charge in [0.05, 0.1) is 17.5 Å². The Balaban J connectivity index is 1.53. The smallest absolute Gasteiger partial charge is 0.251 e. The van der Waals surface area contributed by atoms with Gasteiger partial charge in [-0.15, -0.1) is 0 Å². The minimum absolute atomic E-state index is 0.162. The number of hydrogen-bond acceptors (Lipinski definition) is 5. The molecular weight excluding hydrogens is 430 g/mol. The number of methoxy groups -OCH3 is 1. The molecule has 2 heterocycles. The van der Waals surface area contributed by atoms with E-state index in [-0.39, 0.29) is 22.9 Å². The number of fused-ring (bicyclic) bond motifs is 1.